The van der Waals surface area contributed by atoms with E-state index in [4.69, 9.17) is 9.07 Å². The molecular weight excluding hydrogens is 277 g/mol. The zero-order valence-corrected chi connectivity index (χ0v) is 13.4. The molecule has 0 unspecified atom stereocenters. The Kier molecular flexibility index (Phi) is 3.50. The van der Waals surface area contributed by atoms with Gasteiger partial charge in [-0.05, 0) is 45.9 Å². The van der Waals surface area contributed by atoms with Gasteiger partial charge in [0.25, 0.3) is 0 Å². The van der Waals surface area contributed by atoms with Gasteiger partial charge in [-0.2, -0.15) is 0 Å². The smallest absolute Gasteiger partial charge is 0.309 e. The summed E-state index contributed by atoms with van der Waals surface area (Å²) in [6, 6.07) is 9.73. The molecule has 3 aromatic rings. The Morgan fingerprint density at radius 2 is 1.91 bits per heavy atom. The maximum Gasteiger partial charge on any atom is 0.309 e. The molecule has 0 aliphatic carbocycles. The molecule has 1 N–H and O–H groups in total. The lowest BCUT2D eigenvalue weighted by Gasteiger charge is -2.37. The summed E-state index contributed by atoms with van der Waals surface area (Å²) < 4.78 is 11.7. The van der Waals surface area contributed by atoms with E-state index in [0.717, 1.165) is 27.5 Å². The van der Waals surface area contributed by atoms with Crippen molar-refractivity contribution in [3.05, 3.63) is 36.5 Å². The van der Waals surface area contributed by atoms with E-state index < -0.39 is 11.2 Å². The number of benzene rings is 1. The molecule has 0 radical (unpaired) electrons. The second-order valence-corrected chi connectivity index (χ2v) is 6.64. The van der Waals surface area contributed by atoms with E-state index in [1.807, 2.05) is 44.2 Å². The number of aliphatic hydroxyl groups is 1. The number of fused-ring (bicyclic) bond motifs is 3. The average molecular weight is 297 g/mol. The van der Waals surface area contributed by atoms with Crippen LogP contribution in [0.1, 0.15) is 27.7 Å². The number of pyridine rings is 1. The predicted molar refractivity (Wildman–Crippen MR) is 89.8 cm³/mol. The first-order valence-electron chi connectivity index (χ1n) is 7.40. The van der Waals surface area contributed by atoms with Crippen LogP contribution in [-0.2, 0) is 4.65 Å². The first kappa shape index (κ1) is 15.1. The Bertz CT molecular complexity index is 817. The van der Waals surface area contributed by atoms with Gasteiger partial charge in [0, 0.05) is 11.6 Å². The first-order valence-corrected chi connectivity index (χ1v) is 7.40. The van der Waals surface area contributed by atoms with Gasteiger partial charge in [-0.25, -0.2) is 0 Å². The van der Waals surface area contributed by atoms with Gasteiger partial charge in [-0.1, -0.05) is 17.6 Å². The summed E-state index contributed by atoms with van der Waals surface area (Å²) >= 11 is 0. The third-order valence-corrected chi connectivity index (χ3v) is 4.36. The van der Waals surface area contributed by atoms with Crippen LogP contribution < -0.4 is 5.46 Å². The molecule has 114 valence electrons. The van der Waals surface area contributed by atoms with Crippen molar-refractivity contribution in [2.75, 3.05) is 0 Å². The molecule has 0 amide bonds. The van der Waals surface area contributed by atoms with Crippen LogP contribution >= 0.6 is 0 Å². The summed E-state index contributed by atoms with van der Waals surface area (Å²) in [5, 5.41) is 11.1. The van der Waals surface area contributed by atoms with E-state index in [2.05, 4.69) is 4.98 Å². The van der Waals surface area contributed by atoms with Crippen molar-refractivity contribution in [3.63, 3.8) is 0 Å². The van der Waals surface area contributed by atoms with Gasteiger partial charge < -0.3 is 14.2 Å². The summed E-state index contributed by atoms with van der Waals surface area (Å²) in [6.45, 7) is 7.29. The topological polar surface area (TPSA) is 55.5 Å². The molecule has 0 bridgehead atoms. The molecule has 22 heavy (non-hydrogen) atoms. The SMILES string of the molecule is CC(C)(O)C(C)(C)OBc1ccc2oc3cccnc3c2c1. The summed E-state index contributed by atoms with van der Waals surface area (Å²) in [4.78, 5) is 4.38. The third kappa shape index (κ3) is 2.62. The molecule has 0 spiro atoms. The number of nitrogens with zero attached hydrogens (tertiary/aromatic N) is 1. The van der Waals surface area contributed by atoms with Crippen LogP contribution in [-0.4, -0.2) is 28.8 Å². The van der Waals surface area contributed by atoms with E-state index in [0.29, 0.717) is 7.48 Å². The van der Waals surface area contributed by atoms with Crippen molar-refractivity contribution >= 4 is 35.0 Å². The number of aromatic nitrogens is 1. The summed E-state index contributed by atoms with van der Waals surface area (Å²) in [5.74, 6) is 0. The Hall–Kier alpha value is -1.85. The minimum atomic E-state index is -0.916. The van der Waals surface area contributed by atoms with Crippen molar-refractivity contribution in [2.45, 2.75) is 38.9 Å². The molecule has 0 fully saturated rings. The lowest BCUT2D eigenvalue weighted by atomic mass is 9.82. The molecule has 0 aliphatic rings. The summed E-state index contributed by atoms with van der Waals surface area (Å²) in [7, 11) is 0.423. The van der Waals surface area contributed by atoms with E-state index in [-0.39, 0.29) is 0 Å². The van der Waals surface area contributed by atoms with E-state index >= 15 is 0 Å². The lowest BCUT2D eigenvalue weighted by molar-refractivity contribution is -0.0893. The van der Waals surface area contributed by atoms with Crippen LogP contribution in [0.3, 0.4) is 0 Å². The van der Waals surface area contributed by atoms with Crippen LogP contribution in [0, 0.1) is 0 Å². The van der Waals surface area contributed by atoms with Gasteiger partial charge >= 0.3 is 7.48 Å². The molecule has 2 aromatic heterocycles. The highest BCUT2D eigenvalue weighted by atomic mass is 16.5. The molecule has 5 heteroatoms. The number of furan rings is 1. The van der Waals surface area contributed by atoms with Gasteiger partial charge in [0.15, 0.2) is 5.58 Å². The predicted octanol–water partition coefficient (Wildman–Crippen LogP) is 2.52. The largest absolute Gasteiger partial charge is 0.454 e. The van der Waals surface area contributed by atoms with Crippen molar-refractivity contribution in [1.29, 1.82) is 0 Å². The highest BCUT2D eigenvalue weighted by Crippen LogP contribution is 2.26. The fraction of sp³-hybridized carbons (Fsp3) is 0.353. The Balaban J connectivity index is 1.91. The van der Waals surface area contributed by atoms with Gasteiger partial charge in [0.1, 0.15) is 11.1 Å². The number of hydrogen-bond donors (Lipinski definition) is 1. The molecule has 0 saturated carbocycles. The monoisotopic (exact) mass is 297 g/mol. The molecule has 0 saturated heterocycles. The second kappa shape index (κ2) is 5.11. The van der Waals surface area contributed by atoms with Crippen LogP contribution in [0.25, 0.3) is 22.1 Å². The zero-order chi connectivity index (χ0) is 16.0. The van der Waals surface area contributed by atoms with Crippen molar-refractivity contribution in [3.8, 4) is 0 Å². The third-order valence-electron chi connectivity index (χ3n) is 4.36. The van der Waals surface area contributed by atoms with Crippen molar-refractivity contribution < 1.29 is 14.2 Å². The van der Waals surface area contributed by atoms with E-state index in [1.165, 1.54) is 0 Å². The molecular formula is C17H20BNO3. The minimum absolute atomic E-state index is 0.423. The van der Waals surface area contributed by atoms with Crippen molar-refractivity contribution in [2.24, 2.45) is 0 Å². The highest BCUT2D eigenvalue weighted by molar-refractivity contribution is 6.47. The first-order chi connectivity index (χ1) is 10.3. The van der Waals surface area contributed by atoms with Gasteiger partial charge in [0.2, 0.25) is 0 Å². The Labute approximate surface area is 130 Å². The fourth-order valence-electron chi connectivity index (χ4n) is 2.17. The van der Waals surface area contributed by atoms with Crippen molar-refractivity contribution in [1.82, 2.24) is 4.98 Å². The fourth-order valence-corrected chi connectivity index (χ4v) is 2.17. The molecule has 2 heterocycles. The van der Waals surface area contributed by atoms with E-state index in [1.54, 1.807) is 20.0 Å². The highest BCUT2D eigenvalue weighted by Gasteiger charge is 2.35. The van der Waals surface area contributed by atoms with Gasteiger partial charge in [-0.15, -0.1) is 0 Å². The van der Waals surface area contributed by atoms with Crippen LogP contribution in [0.5, 0.6) is 0 Å². The molecule has 1 aromatic carbocycles. The molecule has 3 rings (SSSR count). The number of rotatable bonds is 4. The molecule has 4 nitrogen and oxygen atoms in total. The number of hydrogen-bond acceptors (Lipinski definition) is 4. The Morgan fingerprint density at radius 3 is 2.64 bits per heavy atom. The second-order valence-electron chi connectivity index (χ2n) is 6.64. The maximum atomic E-state index is 10.2. The summed E-state index contributed by atoms with van der Waals surface area (Å²) in [6.07, 6.45) is 1.76. The standard InChI is InChI=1S/C17H20BNO3/c1-16(2,20)17(3,4)22-18-11-7-8-13-12(10-11)15-14(21-13)6-5-9-19-15/h5-10,18,20H,1-4H3. The van der Waals surface area contributed by atoms with Crippen LogP contribution in [0.4, 0.5) is 0 Å². The normalized spacial score (nSPS) is 13.0. The van der Waals surface area contributed by atoms with Crippen LogP contribution in [0.15, 0.2) is 40.9 Å². The van der Waals surface area contributed by atoms with Gasteiger partial charge in [0.05, 0.1) is 11.2 Å². The summed E-state index contributed by atoms with van der Waals surface area (Å²) in [5.41, 5.74) is 1.94. The molecule has 0 aliphatic heterocycles. The maximum absolute atomic E-state index is 10.2. The zero-order valence-electron chi connectivity index (χ0n) is 13.4. The quantitative estimate of drug-likeness (QED) is 0.752. The Morgan fingerprint density at radius 1 is 1.14 bits per heavy atom. The minimum Gasteiger partial charge on any atom is -0.454 e. The van der Waals surface area contributed by atoms with Crippen LogP contribution in [0.2, 0.25) is 0 Å². The average Bonchev–Trinajstić information content (AvgIpc) is 2.82. The molecule has 0 atom stereocenters. The lowest BCUT2D eigenvalue weighted by Crippen LogP contribution is -2.49. The van der Waals surface area contributed by atoms with E-state index in [9.17, 15) is 5.11 Å². The van der Waals surface area contributed by atoms with Gasteiger partial charge in [-0.3, -0.25) is 4.98 Å².